The number of carbonyl (C=O) groups is 1. The van der Waals surface area contributed by atoms with Gasteiger partial charge in [-0.3, -0.25) is 8.51 Å². The topological polar surface area (TPSA) is 101 Å². The smallest absolute Gasteiger partial charge is 0.416 e. The SMILES string of the molecule is O=C(O)c1ccc(N(c2cccc(-c3cccc(C(F)(F)F)c3)c2)S(=O)[O-])cc1O. The van der Waals surface area contributed by atoms with E-state index in [9.17, 15) is 31.8 Å². The predicted molar refractivity (Wildman–Crippen MR) is 103 cm³/mol. The normalized spacial score (nSPS) is 12.4. The van der Waals surface area contributed by atoms with Crippen LogP contribution < -0.4 is 4.31 Å². The Morgan fingerprint density at radius 3 is 2.10 bits per heavy atom. The molecule has 10 heteroatoms. The molecule has 1 unspecified atom stereocenters. The van der Waals surface area contributed by atoms with Crippen molar-refractivity contribution in [2.75, 3.05) is 4.31 Å². The lowest BCUT2D eigenvalue weighted by atomic mass is 10.0. The van der Waals surface area contributed by atoms with Crippen LogP contribution in [-0.2, 0) is 17.4 Å². The van der Waals surface area contributed by atoms with Crippen LogP contribution in [0.1, 0.15) is 15.9 Å². The van der Waals surface area contributed by atoms with E-state index >= 15 is 0 Å². The second kappa shape index (κ2) is 8.17. The Hall–Kier alpha value is -3.37. The van der Waals surface area contributed by atoms with Crippen LogP contribution in [0.3, 0.4) is 0 Å². The van der Waals surface area contributed by atoms with Crippen molar-refractivity contribution in [2.45, 2.75) is 6.18 Å². The third-order valence-electron chi connectivity index (χ3n) is 4.20. The van der Waals surface area contributed by atoms with Crippen LogP contribution in [-0.4, -0.2) is 24.9 Å². The summed E-state index contributed by atoms with van der Waals surface area (Å²) in [5.41, 5.74) is -0.655. The molecule has 0 aromatic heterocycles. The summed E-state index contributed by atoms with van der Waals surface area (Å²) in [6.45, 7) is 0. The van der Waals surface area contributed by atoms with Gasteiger partial charge in [-0.2, -0.15) is 13.2 Å². The maximum Gasteiger partial charge on any atom is 0.416 e. The third kappa shape index (κ3) is 4.44. The van der Waals surface area contributed by atoms with Crippen LogP contribution in [0.5, 0.6) is 5.75 Å². The van der Waals surface area contributed by atoms with Gasteiger partial charge in [0.1, 0.15) is 11.3 Å². The fourth-order valence-corrected chi connectivity index (χ4v) is 3.41. The monoisotopic (exact) mass is 436 g/mol. The summed E-state index contributed by atoms with van der Waals surface area (Å²) < 4.78 is 63.4. The highest BCUT2D eigenvalue weighted by Crippen LogP contribution is 2.35. The average Bonchev–Trinajstić information content (AvgIpc) is 2.67. The highest BCUT2D eigenvalue weighted by Gasteiger charge is 2.30. The molecule has 0 spiro atoms. The van der Waals surface area contributed by atoms with E-state index in [1.807, 2.05) is 0 Å². The molecule has 0 saturated carbocycles. The van der Waals surface area contributed by atoms with Gasteiger partial charge in [-0.05, 0) is 47.5 Å². The maximum atomic E-state index is 13.0. The molecule has 3 aromatic rings. The van der Waals surface area contributed by atoms with Gasteiger partial charge in [0.05, 0.1) is 28.2 Å². The van der Waals surface area contributed by atoms with Gasteiger partial charge < -0.3 is 14.8 Å². The van der Waals surface area contributed by atoms with Crippen molar-refractivity contribution in [1.29, 1.82) is 0 Å². The minimum absolute atomic E-state index is 0.0491. The second-order valence-corrected chi connectivity index (χ2v) is 6.95. The molecule has 0 bridgehead atoms. The van der Waals surface area contributed by atoms with Gasteiger partial charge >= 0.3 is 12.1 Å². The van der Waals surface area contributed by atoms with Gasteiger partial charge in [-0.15, -0.1) is 0 Å². The summed E-state index contributed by atoms with van der Waals surface area (Å²) >= 11 is -2.87. The van der Waals surface area contributed by atoms with Crippen molar-refractivity contribution < 1.29 is 36.9 Å². The molecular weight excluding hydrogens is 423 g/mol. The summed E-state index contributed by atoms with van der Waals surface area (Å²) in [5, 5.41) is 18.9. The standard InChI is InChI=1S/C20H14F3NO5S/c21-20(22,23)14-5-1-3-12(9-14)13-4-2-6-15(10-13)24(30(28)29)16-7-8-17(19(26)27)18(25)11-16/h1-11,25H,(H,26,27)(H,28,29)/p-1. The zero-order valence-electron chi connectivity index (χ0n) is 15.0. The Labute approximate surface area is 171 Å². The molecule has 0 aliphatic carbocycles. The molecule has 3 aromatic carbocycles. The number of rotatable bonds is 5. The Kier molecular flexibility index (Phi) is 5.81. The van der Waals surface area contributed by atoms with E-state index in [1.54, 1.807) is 0 Å². The van der Waals surface area contributed by atoms with Crippen LogP contribution >= 0.6 is 0 Å². The average molecular weight is 436 g/mol. The first-order valence-electron chi connectivity index (χ1n) is 8.31. The third-order valence-corrected chi connectivity index (χ3v) is 4.92. The number of aromatic carboxylic acids is 1. The molecule has 30 heavy (non-hydrogen) atoms. The fraction of sp³-hybridized carbons (Fsp3) is 0.0500. The summed E-state index contributed by atoms with van der Waals surface area (Å²) in [7, 11) is 0. The van der Waals surface area contributed by atoms with E-state index in [-0.39, 0.29) is 16.9 Å². The van der Waals surface area contributed by atoms with E-state index in [2.05, 4.69) is 0 Å². The van der Waals surface area contributed by atoms with Crippen molar-refractivity contribution in [2.24, 2.45) is 0 Å². The first-order valence-corrected chi connectivity index (χ1v) is 9.34. The Morgan fingerprint density at radius 2 is 1.53 bits per heavy atom. The lowest BCUT2D eigenvalue weighted by Crippen LogP contribution is -2.19. The number of phenols is 1. The van der Waals surface area contributed by atoms with E-state index < -0.39 is 40.3 Å². The second-order valence-electron chi connectivity index (χ2n) is 6.15. The molecule has 0 heterocycles. The molecule has 0 aliphatic heterocycles. The highest BCUT2D eigenvalue weighted by atomic mass is 32.2. The zero-order chi connectivity index (χ0) is 22.1. The lowest BCUT2D eigenvalue weighted by Gasteiger charge is -2.27. The number of carboxylic acids is 1. The van der Waals surface area contributed by atoms with Crippen LogP contribution in [0, 0.1) is 0 Å². The number of hydrogen-bond donors (Lipinski definition) is 2. The number of halogens is 3. The maximum absolute atomic E-state index is 13.0. The molecule has 0 aliphatic rings. The number of alkyl halides is 3. The number of carboxylic acid groups (broad SMARTS) is 1. The van der Waals surface area contributed by atoms with Crippen molar-refractivity contribution in [3.63, 3.8) is 0 Å². The minimum atomic E-state index is -4.53. The zero-order valence-corrected chi connectivity index (χ0v) is 15.8. The number of benzene rings is 3. The van der Waals surface area contributed by atoms with Crippen LogP contribution in [0.2, 0.25) is 0 Å². The number of aromatic hydroxyl groups is 1. The molecule has 3 rings (SSSR count). The highest BCUT2D eigenvalue weighted by molar-refractivity contribution is 7.81. The molecular formula is C20H13F3NO5S-. The van der Waals surface area contributed by atoms with Gasteiger partial charge in [0.2, 0.25) is 0 Å². The fourth-order valence-electron chi connectivity index (χ4n) is 2.84. The molecule has 0 amide bonds. The van der Waals surface area contributed by atoms with Gasteiger partial charge in [0, 0.05) is 6.07 Å². The summed E-state index contributed by atoms with van der Waals surface area (Å²) in [4.78, 5) is 11.0. The molecule has 0 radical (unpaired) electrons. The predicted octanol–water partition coefficient (Wildman–Crippen LogP) is 4.71. The van der Waals surface area contributed by atoms with E-state index in [4.69, 9.17) is 5.11 Å². The van der Waals surface area contributed by atoms with Gasteiger partial charge in [0.15, 0.2) is 0 Å². The molecule has 0 saturated heterocycles. The van der Waals surface area contributed by atoms with E-state index in [1.165, 1.54) is 42.5 Å². The number of nitrogens with zero attached hydrogens (tertiary/aromatic N) is 1. The Morgan fingerprint density at radius 1 is 0.933 bits per heavy atom. The first kappa shape index (κ1) is 21.3. The molecule has 1 atom stereocenters. The van der Waals surface area contributed by atoms with Crippen molar-refractivity contribution in [3.8, 4) is 16.9 Å². The Balaban J connectivity index is 2.06. The lowest BCUT2D eigenvalue weighted by molar-refractivity contribution is -0.137. The van der Waals surface area contributed by atoms with Gasteiger partial charge in [0.25, 0.3) is 0 Å². The number of hydrogen-bond acceptors (Lipinski definition) is 4. The van der Waals surface area contributed by atoms with E-state index in [0.717, 1.165) is 28.6 Å². The largest absolute Gasteiger partial charge is 0.755 e. The molecule has 156 valence electrons. The quantitative estimate of drug-likeness (QED) is 0.564. The van der Waals surface area contributed by atoms with Crippen LogP contribution in [0.25, 0.3) is 11.1 Å². The van der Waals surface area contributed by atoms with Crippen LogP contribution in [0.4, 0.5) is 24.5 Å². The summed E-state index contributed by atoms with van der Waals surface area (Å²) in [5.74, 6) is -2.02. The van der Waals surface area contributed by atoms with Gasteiger partial charge in [-0.1, -0.05) is 24.3 Å². The molecule has 0 fully saturated rings. The van der Waals surface area contributed by atoms with Crippen molar-refractivity contribution in [3.05, 3.63) is 77.9 Å². The van der Waals surface area contributed by atoms with Gasteiger partial charge in [-0.25, -0.2) is 4.79 Å². The first-order chi connectivity index (χ1) is 14.1. The van der Waals surface area contributed by atoms with Crippen molar-refractivity contribution in [1.82, 2.24) is 0 Å². The molecule has 2 N–H and O–H groups in total. The minimum Gasteiger partial charge on any atom is -0.755 e. The summed E-state index contributed by atoms with van der Waals surface area (Å²) in [6, 6.07) is 13.6. The van der Waals surface area contributed by atoms with Crippen LogP contribution in [0.15, 0.2) is 66.7 Å². The summed E-state index contributed by atoms with van der Waals surface area (Å²) in [6.07, 6.45) is -4.53. The number of anilines is 2. The van der Waals surface area contributed by atoms with E-state index in [0.29, 0.717) is 5.56 Å². The molecule has 6 nitrogen and oxygen atoms in total. The Bertz CT molecular complexity index is 1130. The van der Waals surface area contributed by atoms with Crippen molar-refractivity contribution >= 4 is 28.6 Å².